The van der Waals surface area contributed by atoms with E-state index in [-0.39, 0.29) is 22.5 Å². The summed E-state index contributed by atoms with van der Waals surface area (Å²) in [6.45, 7) is 6.23. The van der Waals surface area contributed by atoms with E-state index in [9.17, 15) is 13.2 Å². The van der Waals surface area contributed by atoms with Crippen LogP contribution in [0.4, 0.5) is 0 Å². The molecule has 0 aliphatic carbocycles. The van der Waals surface area contributed by atoms with Gasteiger partial charge in [0.25, 0.3) is 5.91 Å². The number of hydrogen-bond acceptors (Lipinski definition) is 6. The zero-order chi connectivity index (χ0) is 21.8. The summed E-state index contributed by atoms with van der Waals surface area (Å²) in [5.74, 6) is 0.441. The van der Waals surface area contributed by atoms with Crippen molar-refractivity contribution in [1.29, 1.82) is 0 Å². The fourth-order valence-corrected chi connectivity index (χ4v) is 6.37. The summed E-state index contributed by atoms with van der Waals surface area (Å²) < 4.78 is 32.2. The maximum Gasteiger partial charge on any atom is 0.267 e. The Balaban J connectivity index is 1.41. The van der Waals surface area contributed by atoms with Crippen molar-refractivity contribution in [2.75, 3.05) is 45.9 Å². The quantitative estimate of drug-likeness (QED) is 0.653. The standard InChI is InChI=1S/C21H30N4O4S2/c1-16-4-6-24(7-5-16)19(20-3-2-12-30-20)15-23-21(26)18-13-17(14-22-18)31(27,28)25-8-10-29-11-9-25/h2-3,12-14,16,19,22H,4-11,15H2,1H3,(H,23,26). The predicted molar refractivity (Wildman–Crippen MR) is 120 cm³/mol. The number of carbonyl (C=O) groups is 1. The number of nitrogens with zero attached hydrogens (tertiary/aromatic N) is 2. The molecule has 1 amide bonds. The van der Waals surface area contributed by atoms with Crippen molar-refractivity contribution in [2.24, 2.45) is 5.92 Å². The normalized spacial score (nSPS) is 20.5. The second kappa shape index (κ2) is 9.83. The highest BCUT2D eigenvalue weighted by molar-refractivity contribution is 7.89. The average molecular weight is 467 g/mol. The van der Waals surface area contributed by atoms with Gasteiger partial charge in [-0.15, -0.1) is 11.3 Å². The van der Waals surface area contributed by atoms with Crippen molar-refractivity contribution in [3.05, 3.63) is 40.3 Å². The minimum Gasteiger partial charge on any atom is -0.379 e. The Morgan fingerprint density at radius 1 is 1.29 bits per heavy atom. The Bertz CT molecular complexity index is 959. The SMILES string of the molecule is CC1CCN(C(CNC(=O)c2cc(S(=O)(=O)N3CCOCC3)c[nH]2)c2cccs2)CC1. The van der Waals surface area contributed by atoms with Gasteiger partial charge in [0.1, 0.15) is 10.6 Å². The van der Waals surface area contributed by atoms with Gasteiger partial charge in [-0.05, 0) is 49.4 Å². The molecular weight excluding hydrogens is 436 g/mol. The van der Waals surface area contributed by atoms with Crippen LogP contribution in [0.25, 0.3) is 0 Å². The van der Waals surface area contributed by atoms with Crippen LogP contribution in [-0.4, -0.2) is 74.5 Å². The molecule has 4 rings (SSSR count). The molecule has 31 heavy (non-hydrogen) atoms. The Hall–Kier alpha value is -1.72. The highest BCUT2D eigenvalue weighted by Crippen LogP contribution is 2.29. The number of amides is 1. The first kappa shape index (κ1) is 22.5. The van der Waals surface area contributed by atoms with E-state index >= 15 is 0 Å². The van der Waals surface area contributed by atoms with Crippen molar-refractivity contribution in [1.82, 2.24) is 19.5 Å². The first-order chi connectivity index (χ1) is 14.9. The maximum absolute atomic E-state index is 12.8. The summed E-state index contributed by atoms with van der Waals surface area (Å²) in [5.41, 5.74) is 0.254. The van der Waals surface area contributed by atoms with Gasteiger partial charge in [0.2, 0.25) is 10.0 Å². The predicted octanol–water partition coefficient (Wildman–Crippen LogP) is 2.30. The van der Waals surface area contributed by atoms with Crippen molar-refractivity contribution >= 4 is 27.3 Å². The number of morpholine rings is 1. The summed E-state index contributed by atoms with van der Waals surface area (Å²) in [6, 6.07) is 5.70. The van der Waals surface area contributed by atoms with E-state index < -0.39 is 10.0 Å². The molecule has 2 N–H and O–H groups in total. The molecule has 2 aromatic heterocycles. The number of aromatic nitrogens is 1. The second-order valence-corrected chi connectivity index (χ2v) is 11.1. The summed E-state index contributed by atoms with van der Waals surface area (Å²) in [4.78, 5) is 19.4. The number of likely N-dealkylation sites (tertiary alicyclic amines) is 1. The Labute approximate surface area is 187 Å². The van der Waals surface area contributed by atoms with Gasteiger partial charge in [-0.2, -0.15) is 4.31 Å². The molecule has 2 saturated heterocycles. The first-order valence-electron chi connectivity index (χ1n) is 10.8. The summed E-state index contributed by atoms with van der Waals surface area (Å²) in [7, 11) is -3.63. The van der Waals surface area contributed by atoms with Gasteiger partial charge in [-0.25, -0.2) is 8.42 Å². The maximum atomic E-state index is 12.8. The second-order valence-electron chi connectivity index (χ2n) is 8.23. The first-order valence-corrected chi connectivity index (χ1v) is 13.1. The molecule has 10 heteroatoms. The lowest BCUT2D eigenvalue weighted by Gasteiger charge is -2.36. The van der Waals surface area contributed by atoms with Crippen LogP contribution < -0.4 is 5.32 Å². The largest absolute Gasteiger partial charge is 0.379 e. The monoisotopic (exact) mass is 466 g/mol. The van der Waals surface area contributed by atoms with Gasteiger partial charge < -0.3 is 15.0 Å². The van der Waals surface area contributed by atoms with Crippen LogP contribution >= 0.6 is 11.3 Å². The minimum absolute atomic E-state index is 0.111. The molecule has 170 valence electrons. The van der Waals surface area contributed by atoms with E-state index in [2.05, 4.69) is 33.6 Å². The third kappa shape index (κ3) is 5.20. The zero-order valence-corrected chi connectivity index (χ0v) is 19.4. The summed E-state index contributed by atoms with van der Waals surface area (Å²) >= 11 is 1.70. The van der Waals surface area contributed by atoms with Crippen LogP contribution in [0.15, 0.2) is 34.7 Å². The topological polar surface area (TPSA) is 94.7 Å². The van der Waals surface area contributed by atoms with Crippen LogP contribution in [0.1, 0.15) is 41.2 Å². The molecule has 0 radical (unpaired) electrons. The molecule has 2 aliphatic rings. The van der Waals surface area contributed by atoms with E-state index in [1.54, 1.807) is 11.3 Å². The number of ether oxygens (including phenoxy) is 1. The van der Waals surface area contributed by atoms with Crippen LogP contribution in [0, 0.1) is 5.92 Å². The number of H-pyrrole nitrogens is 1. The molecule has 8 nitrogen and oxygen atoms in total. The molecule has 2 aromatic rings. The van der Waals surface area contributed by atoms with E-state index in [1.807, 2.05) is 6.07 Å². The van der Waals surface area contributed by atoms with Crippen LogP contribution in [0.2, 0.25) is 0 Å². The highest BCUT2D eigenvalue weighted by atomic mass is 32.2. The molecule has 0 spiro atoms. The van der Waals surface area contributed by atoms with E-state index in [0.717, 1.165) is 31.8 Å². The Morgan fingerprint density at radius 3 is 2.71 bits per heavy atom. The van der Waals surface area contributed by atoms with E-state index in [0.29, 0.717) is 32.8 Å². The molecule has 0 aromatic carbocycles. The van der Waals surface area contributed by atoms with Crippen LogP contribution in [0.3, 0.4) is 0 Å². The zero-order valence-electron chi connectivity index (χ0n) is 17.7. The smallest absolute Gasteiger partial charge is 0.267 e. The number of hydrogen-bond donors (Lipinski definition) is 2. The van der Waals surface area contributed by atoms with Gasteiger partial charge in [0.05, 0.1) is 19.3 Å². The molecule has 0 saturated carbocycles. The number of piperidine rings is 1. The van der Waals surface area contributed by atoms with E-state index in [1.165, 1.54) is 21.4 Å². The number of sulfonamides is 1. The lowest BCUT2D eigenvalue weighted by molar-refractivity contribution is 0.0730. The summed E-state index contributed by atoms with van der Waals surface area (Å²) in [5, 5.41) is 5.07. The molecule has 2 aliphatic heterocycles. The lowest BCUT2D eigenvalue weighted by atomic mass is 9.97. The fraction of sp³-hybridized carbons (Fsp3) is 0.571. The van der Waals surface area contributed by atoms with Crippen molar-refractivity contribution in [2.45, 2.75) is 30.7 Å². The lowest BCUT2D eigenvalue weighted by Crippen LogP contribution is -2.41. The Morgan fingerprint density at radius 2 is 2.03 bits per heavy atom. The summed E-state index contributed by atoms with van der Waals surface area (Å²) in [6.07, 6.45) is 3.72. The number of rotatable bonds is 7. The van der Waals surface area contributed by atoms with Gasteiger partial charge in [0, 0.05) is 30.7 Å². The van der Waals surface area contributed by atoms with Gasteiger partial charge >= 0.3 is 0 Å². The minimum atomic E-state index is -3.63. The molecule has 2 fully saturated rings. The van der Waals surface area contributed by atoms with E-state index in [4.69, 9.17) is 4.74 Å². The molecule has 1 unspecified atom stereocenters. The molecule has 0 bridgehead atoms. The van der Waals surface area contributed by atoms with Crippen molar-refractivity contribution in [3.8, 4) is 0 Å². The van der Waals surface area contributed by atoms with Crippen LogP contribution in [0.5, 0.6) is 0 Å². The molecule has 1 atom stereocenters. The van der Waals surface area contributed by atoms with Gasteiger partial charge in [-0.1, -0.05) is 13.0 Å². The number of aromatic amines is 1. The van der Waals surface area contributed by atoms with Crippen molar-refractivity contribution in [3.63, 3.8) is 0 Å². The Kier molecular flexibility index (Phi) is 7.12. The molecule has 4 heterocycles. The van der Waals surface area contributed by atoms with Gasteiger partial charge in [0.15, 0.2) is 0 Å². The number of nitrogens with one attached hydrogen (secondary N) is 2. The molecular formula is C21H30N4O4S2. The van der Waals surface area contributed by atoms with Crippen LogP contribution in [-0.2, 0) is 14.8 Å². The third-order valence-electron chi connectivity index (χ3n) is 6.10. The fourth-order valence-electron chi connectivity index (χ4n) is 4.11. The number of thiophene rings is 1. The number of carbonyl (C=O) groups excluding carboxylic acids is 1. The highest BCUT2D eigenvalue weighted by Gasteiger charge is 2.29. The average Bonchev–Trinajstić information content (AvgIpc) is 3.48. The third-order valence-corrected chi connectivity index (χ3v) is 8.95. The van der Waals surface area contributed by atoms with Gasteiger partial charge in [-0.3, -0.25) is 9.69 Å². The van der Waals surface area contributed by atoms with Crippen molar-refractivity contribution < 1.29 is 17.9 Å².